The van der Waals surface area contributed by atoms with Crippen molar-refractivity contribution in [1.29, 1.82) is 5.41 Å². The molecule has 0 aromatic heterocycles. The molecule has 2 aromatic carbocycles. The number of hydrogen-bond acceptors (Lipinski definition) is 4. The van der Waals surface area contributed by atoms with Crippen LogP contribution in [0.3, 0.4) is 0 Å². The molecule has 5 heteroatoms. The van der Waals surface area contributed by atoms with Crippen molar-refractivity contribution in [3.8, 4) is 0 Å². The zero-order valence-corrected chi connectivity index (χ0v) is 14.1. The average molecular weight is 335 g/mol. The summed E-state index contributed by atoms with van der Waals surface area (Å²) in [6.07, 6.45) is 0.277. The van der Waals surface area contributed by atoms with Crippen molar-refractivity contribution >= 4 is 29.2 Å². The Kier molecular flexibility index (Phi) is 3.65. The minimum Gasteiger partial charge on any atom is -0.349 e. The Bertz CT molecular complexity index is 833. The van der Waals surface area contributed by atoms with Crippen molar-refractivity contribution in [1.82, 2.24) is 4.90 Å². The number of nitrogens with zero attached hydrogens (tertiary/aromatic N) is 1. The van der Waals surface area contributed by atoms with E-state index in [0.29, 0.717) is 5.84 Å². The summed E-state index contributed by atoms with van der Waals surface area (Å²) in [6.45, 7) is 1.97. The third kappa shape index (κ3) is 2.41. The molecule has 2 N–H and O–H groups in total. The predicted octanol–water partition coefficient (Wildman–Crippen LogP) is 4.39. The highest BCUT2D eigenvalue weighted by atomic mass is 32.2. The van der Waals surface area contributed by atoms with E-state index in [-0.39, 0.29) is 18.4 Å². The number of amidine groups is 1. The van der Waals surface area contributed by atoms with Crippen LogP contribution in [0.25, 0.3) is 0 Å². The molecule has 2 aliphatic heterocycles. The number of para-hydroxylation sites is 1. The van der Waals surface area contributed by atoms with Gasteiger partial charge in [0.2, 0.25) is 5.91 Å². The van der Waals surface area contributed by atoms with Crippen LogP contribution in [-0.4, -0.2) is 16.6 Å². The maximum atomic E-state index is 12.6. The first-order chi connectivity index (χ1) is 11.6. The molecule has 1 fully saturated rings. The van der Waals surface area contributed by atoms with Gasteiger partial charge < -0.3 is 5.32 Å². The molecule has 2 aliphatic rings. The smallest absolute Gasteiger partial charge is 0.233 e. The molecular weight excluding hydrogens is 318 g/mol. The van der Waals surface area contributed by atoms with E-state index in [2.05, 4.69) is 5.32 Å². The maximum absolute atomic E-state index is 12.6. The summed E-state index contributed by atoms with van der Waals surface area (Å²) in [5.41, 5.74) is 2.86. The van der Waals surface area contributed by atoms with Gasteiger partial charge in [0.25, 0.3) is 0 Å². The lowest BCUT2D eigenvalue weighted by Gasteiger charge is -2.24. The van der Waals surface area contributed by atoms with E-state index in [9.17, 15) is 4.79 Å². The number of fused-ring (bicyclic) bond motifs is 1. The first-order valence-electron chi connectivity index (χ1n) is 7.88. The molecule has 1 unspecified atom stereocenters. The first kappa shape index (κ1) is 15.0. The van der Waals surface area contributed by atoms with Crippen LogP contribution in [-0.2, 0) is 4.79 Å². The van der Waals surface area contributed by atoms with Crippen LogP contribution >= 0.6 is 11.8 Å². The summed E-state index contributed by atoms with van der Waals surface area (Å²) < 4.78 is 0. The second-order valence-corrected chi connectivity index (χ2v) is 6.96. The van der Waals surface area contributed by atoms with Gasteiger partial charge in [-0.1, -0.05) is 54.2 Å². The van der Waals surface area contributed by atoms with Gasteiger partial charge in [-0.3, -0.25) is 15.1 Å². The summed E-state index contributed by atoms with van der Waals surface area (Å²) in [6, 6.07) is 17.8. The molecule has 4 rings (SSSR count). The van der Waals surface area contributed by atoms with Crippen LogP contribution in [0.2, 0.25) is 0 Å². The molecule has 0 bridgehead atoms. The predicted molar refractivity (Wildman–Crippen MR) is 97.0 cm³/mol. The van der Waals surface area contributed by atoms with Gasteiger partial charge in [-0.25, -0.2) is 0 Å². The normalized spacial score (nSPS) is 21.0. The van der Waals surface area contributed by atoms with E-state index >= 15 is 0 Å². The maximum Gasteiger partial charge on any atom is 0.233 e. The molecule has 1 atom stereocenters. The number of carbonyl (C=O) groups is 1. The van der Waals surface area contributed by atoms with E-state index in [0.717, 1.165) is 26.7 Å². The lowest BCUT2D eigenvalue weighted by atomic mass is 10.1. The quantitative estimate of drug-likeness (QED) is 0.856. The largest absolute Gasteiger partial charge is 0.349 e. The Morgan fingerprint density at radius 2 is 1.83 bits per heavy atom. The van der Waals surface area contributed by atoms with Gasteiger partial charge in [0, 0.05) is 10.5 Å². The second-order valence-electron chi connectivity index (χ2n) is 5.91. The third-order valence-electron chi connectivity index (χ3n) is 4.41. The average Bonchev–Trinajstić information content (AvgIpc) is 3.15. The lowest BCUT2D eigenvalue weighted by molar-refractivity contribution is -0.126. The number of amides is 1. The van der Waals surface area contributed by atoms with Crippen LogP contribution in [0.5, 0.6) is 0 Å². The summed E-state index contributed by atoms with van der Waals surface area (Å²) >= 11 is 1.60. The molecular formula is C19H17N3OS. The van der Waals surface area contributed by atoms with Gasteiger partial charge in [0.1, 0.15) is 5.84 Å². The third-order valence-corrected chi connectivity index (χ3v) is 5.54. The Morgan fingerprint density at radius 1 is 1.12 bits per heavy atom. The fraction of sp³-hybridized carbons (Fsp3) is 0.158. The van der Waals surface area contributed by atoms with Gasteiger partial charge >= 0.3 is 0 Å². The fourth-order valence-corrected chi connectivity index (χ4v) is 4.17. The van der Waals surface area contributed by atoms with Crippen molar-refractivity contribution < 1.29 is 4.79 Å². The first-order valence-corrected chi connectivity index (χ1v) is 8.70. The SMILES string of the molecule is CC(c1ccccc1)N1C(=N)/C(=C2/Nc3ccccc3S2)CC1=O. The Morgan fingerprint density at radius 3 is 2.58 bits per heavy atom. The molecule has 2 aromatic rings. The number of anilines is 1. The second kappa shape index (κ2) is 5.83. The highest BCUT2D eigenvalue weighted by Crippen LogP contribution is 2.44. The van der Waals surface area contributed by atoms with Crippen molar-refractivity contribution in [2.24, 2.45) is 0 Å². The number of hydrogen-bond donors (Lipinski definition) is 2. The van der Waals surface area contributed by atoms with E-state index in [1.165, 1.54) is 0 Å². The molecule has 2 heterocycles. The number of likely N-dealkylation sites (tertiary alicyclic amines) is 1. The summed E-state index contributed by atoms with van der Waals surface area (Å²) in [4.78, 5) is 15.3. The number of carbonyl (C=O) groups excluding carboxylic acids is 1. The van der Waals surface area contributed by atoms with E-state index in [1.54, 1.807) is 16.7 Å². The molecule has 0 spiro atoms. The topological polar surface area (TPSA) is 56.2 Å². The van der Waals surface area contributed by atoms with Crippen LogP contribution in [0, 0.1) is 5.41 Å². The molecule has 24 heavy (non-hydrogen) atoms. The summed E-state index contributed by atoms with van der Waals surface area (Å²) in [7, 11) is 0. The van der Waals surface area contributed by atoms with Crippen LogP contribution < -0.4 is 5.32 Å². The minimum atomic E-state index is -0.141. The Balaban J connectivity index is 1.64. The fourth-order valence-electron chi connectivity index (χ4n) is 3.12. The van der Waals surface area contributed by atoms with Crippen molar-refractivity contribution in [3.63, 3.8) is 0 Å². The van der Waals surface area contributed by atoms with Gasteiger partial charge in [0.05, 0.1) is 23.2 Å². The van der Waals surface area contributed by atoms with E-state index in [4.69, 9.17) is 5.41 Å². The zero-order valence-electron chi connectivity index (χ0n) is 13.2. The molecule has 1 amide bonds. The Hall–Kier alpha value is -2.53. The van der Waals surface area contributed by atoms with Gasteiger partial charge in [0.15, 0.2) is 0 Å². The molecule has 1 saturated heterocycles. The number of nitrogens with one attached hydrogen (secondary N) is 2. The van der Waals surface area contributed by atoms with Crippen LogP contribution in [0.4, 0.5) is 5.69 Å². The highest BCUT2D eigenvalue weighted by molar-refractivity contribution is 8.03. The molecule has 0 radical (unpaired) electrons. The zero-order chi connectivity index (χ0) is 16.7. The monoisotopic (exact) mass is 335 g/mol. The van der Waals surface area contributed by atoms with Gasteiger partial charge in [-0.05, 0) is 24.6 Å². The van der Waals surface area contributed by atoms with Gasteiger partial charge in [-0.2, -0.15) is 0 Å². The van der Waals surface area contributed by atoms with E-state index < -0.39 is 0 Å². The standard InChI is InChI=1S/C19H17N3OS/c1-12(13-7-3-2-4-8-13)22-17(23)11-14(18(22)20)19-21-15-9-5-6-10-16(15)24-19/h2-10,12,20-21H,11H2,1H3/b19-14-,20-18?. The van der Waals surface area contributed by atoms with Crippen molar-refractivity contribution in [2.45, 2.75) is 24.3 Å². The highest BCUT2D eigenvalue weighted by Gasteiger charge is 2.37. The molecule has 4 nitrogen and oxygen atoms in total. The summed E-state index contributed by atoms with van der Waals surface area (Å²) in [5.74, 6) is 0.288. The molecule has 0 saturated carbocycles. The lowest BCUT2D eigenvalue weighted by Crippen LogP contribution is -2.32. The number of thioether (sulfide) groups is 1. The van der Waals surface area contributed by atoms with Crippen molar-refractivity contribution in [3.05, 3.63) is 70.8 Å². The molecule has 0 aliphatic carbocycles. The van der Waals surface area contributed by atoms with Gasteiger partial charge in [-0.15, -0.1) is 0 Å². The minimum absolute atomic E-state index is 0.0165. The van der Waals surface area contributed by atoms with Crippen LogP contribution in [0.15, 0.2) is 70.1 Å². The van der Waals surface area contributed by atoms with Crippen molar-refractivity contribution in [2.75, 3.05) is 5.32 Å². The number of benzene rings is 2. The Labute approximate surface area is 145 Å². The van der Waals surface area contributed by atoms with Crippen LogP contribution in [0.1, 0.15) is 24.9 Å². The number of rotatable bonds is 2. The van der Waals surface area contributed by atoms with E-state index in [1.807, 2.05) is 61.5 Å². The molecule has 120 valence electrons. The summed E-state index contributed by atoms with van der Waals surface area (Å²) in [5, 5.41) is 12.8.